The molecule has 0 unspecified atom stereocenters. The van der Waals surface area contributed by atoms with Crippen molar-refractivity contribution in [2.24, 2.45) is 0 Å². The zero-order valence-corrected chi connectivity index (χ0v) is 15.6. The monoisotopic (exact) mass is 363 g/mol. The molecule has 1 heterocycles. The van der Waals surface area contributed by atoms with Gasteiger partial charge in [0.2, 0.25) is 0 Å². The molecule has 0 radical (unpaired) electrons. The molecule has 1 N–H and O–H groups in total. The molecule has 0 atom stereocenters. The van der Waals surface area contributed by atoms with Gasteiger partial charge in [0.1, 0.15) is 0 Å². The fourth-order valence-corrected chi connectivity index (χ4v) is 3.44. The summed E-state index contributed by atoms with van der Waals surface area (Å²) >= 11 is 0. The Hall–Kier alpha value is -2.82. The van der Waals surface area contributed by atoms with Crippen LogP contribution in [0.3, 0.4) is 0 Å². The van der Waals surface area contributed by atoms with Crippen LogP contribution in [0.4, 0.5) is 5.69 Å². The van der Waals surface area contributed by atoms with Gasteiger partial charge in [0.15, 0.2) is 0 Å². The Morgan fingerprint density at radius 1 is 0.926 bits per heavy atom. The standard InChI is InChI=1S/C22H25N3O2/c1-16-3-2-4-20(15-16)24-11-13-25(14-12-24)22(27)18-7-5-17(6-8-18)21(26)23-19-9-10-19/h2-8,15,19H,9-14H2,1H3,(H,23,26). The van der Waals surface area contributed by atoms with Crippen LogP contribution in [-0.2, 0) is 0 Å². The maximum atomic E-state index is 12.8. The van der Waals surface area contributed by atoms with Crippen molar-refractivity contribution in [3.05, 3.63) is 65.2 Å². The number of carbonyl (C=O) groups is 2. The average Bonchev–Trinajstić information content (AvgIpc) is 3.52. The minimum atomic E-state index is -0.0525. The van der Waals surface area contributed by atoms with Crippen LogP contribution in [0, 0.1) is 6.92 Å². The molecule has 5 nitrogen and oxygen atoms in total. The first-order valence-electron chi connectivity index (χ1n) is 9.62. The van der Waals surface area contributed by atoms with Crippen LogP contribution < -0.4 is 10.2 Å². The van der Waals surface area contributed by atoms with Crippen molar-refractivity contribution in [1.82, 2.24) is 10.2 Å². The van der Waals surface area contributed by atoms with Crippen LogP contribution in [0.25, 0.3) is 0 Å². The second-order valence-electron chi connectivity index (χ2n) is 7.44. The minimum Gasteiger partial charge on any atom is -0.368 e. The van der Waals surface area contributed by atoms with E-state index in [1.165, 1.54) is 11.3 Å². The van der Waals surface area contributed by atoms with E-state index in [4.69, 9.17) is 0 Å². The van der Waals surface area contributed by atoms with Crippen LogP contribution in [0.2, 0.25) is 0 Å². The molecule has 0 aromatic heterocycles. The van der Waals surface area contributed by atoms with E-state index in [9.17, 15) is 9.59 Å². The highest BCUT2D eigenvalue weighted by atomic mass is 16.2. The number of carbonyl (C=O) groups excluding carboxylic acids is 2. The third kappa shape index (κ3) is 4.13. The summed E-state index contributed by atoms with van der Waals surface area (Å²) in [6.07, 6.45) is 2.13. The molecule has 2 fully saturated rings. The van der Waals surface area contributed by atoms with E-state index >= 15 is 0 Å². The largest absolute Gasteiger partial charge is 0.368 e. The first-order valence-corrected chi connectivity index (χ1v) is 9.62. The van der Waals surface area contributed by atoms with E-state index in [0.717, 1.165) is 25.9 Å². The molecule has 0 bridgehead atoms. The van der Waals surface area contributed by atoms with E-state index in [1.807, 2.05) is 4.90 Å². The number of amides is 2. The van der Waals surface area contributed by atoms with E-state index in [0.29, 0.717) is 30.3 Å². The molecular formula is C22H25N3O2. The van der Waals surface area contributed by atoms with E-state index in [2.05, 4.69) is 41.4 Å². The van der Waals surface area contributed by atoms with Crippen LogP contribution in [0.1, 0.15) is 39.1 Å². The predicted octanol–water partition coefficient (Wildman–Crippen LogP) is 2.85. The lowest BCUT2D eigenvalue weighted by Crippen LogP contribution is -2.48. The second kappa shape index (κ2) is 7.43. The van der Waals surface area contributed by atoms with Crippen molar-refractivity contribution in [2.45, 2.75) is 25.8 Å². The molecule has 1 saturated heterocycles. The molecule has 1 saturated carbocycles. The number of anilines is 1. The van der Waals surface area contributed by atoms with Gasteiger partial charge in [-0.3, -0.25) is 9.59 Å². The highest BCUT2D eigenvalue weighted by molar-refractivity contribution is 5.98. The third-order valence-electron chi connectivity index (χ3n) is 5.24. The van der Waals surface area contributed by atoms with Gasteiger partial charge in [0.05, 0.1) is 0 Å². The van der Waals surface area contributed by atoms with Crippen LogP contribution in [0.15, 0.2) is 48.5 Å². The average molecular weight is 363 g/mol. The smallest absolute Gasteiger partial charge is 0.253 e. The van der Waals surface area contributed by atoms with Crippen molar-refractivity contribution in [1.29, 1.82) is 0 Å². The number of aryl methyl sites for hydroxylation is 1. The molecule has 2 amide bonds. The summed E-state index contributed by atoms with van der Waals surface area (Å²) in [6, 6.07) is 15.8. The van der Waals surface area contributed by atoms with E-state index in [1.54, 1.807) is 24.3 Å². The molecule has 2 aromatic carbocycles. The Bertz CT molecular complexity index is 835. The summed E-state index contributed by atoms with van der Waals surface area (Å²) in [6.45, 7) is 5.17. The molecule has 0 spiro atoms. The van der Waals surface area contributed by atoms with Gasteiger partial charge >= 0.3 is 0 Å². The molecule has 1 aliphatic carbocycles. The molecule has 5 heteroatoms. The van der Waals surface area contributed by atoms with Crippen LogP contribution in [-0.4, -0.2) is 48.9 Å². The first-order chi connectivity index (χ1) is 13.1. The van der Waals surface area contributed by atoms with Gasteiger partial charge < -0.3 is 15.1 Å². The van der Waals surface area contributed by atoms with Gasteiger partial charge in [-0.2, -0.15) is 0 Å². The predicted molar refractivity (Wildman–Crippen MR) is 106 cm³/mol. The number of rotatable bonds is 4. The Kier molecular flexibility index (Phi) is 4.84. The number of nitrogens with zero attached hydrogens (tertiary/aromatic N) is 2. The number of nitrogens with one attached hydrogen (secondary N) is 1. The summed E-state index contributed by atoms with van der Waals surface area (Å²) in [5, 5.41) is 2.97. The zero-order chi connectivity index (χ0) is 18.8. The van der Waals surface area contributed by atoms with Crippen molar-refractivity contribution >= 4 is 17.5 Å². The van der Waals surface area contributed by atoms with Crippen LogP contribution >= 0.6 is 0 Å². The highest BCUT2D eigenvalue weighted by Crippen LogP contribution is 2.20. The molecule has 2 aromatic rings. The summed E-state index contributed by atoms with van der Waals surface area (Å²) in [7, 11) is 0. The Balaban J connectivity index is 1.35. The fourth-order valence-electron chi connectivity index (χ4n) is 3.44. The molecule has 1 aliphatic heterocycles. The quantitative estimate of drug-likeness (QED) is 0.909. The number of hydrogen-bond donors (Lipinski definition) is 1. The molecule has 2 aliphatic rings. The zero-order valence-electron chi connectivity index (χ0n) is 15.6. The number of piperazine rings is 1. The topological polar surface area (TPSA) is 52.7 Å². The second-order valence-corrected chi connectivity index (χ2v) is 7.44. The molecular weight excluding hydrogens is 338 g/mol. The number of benzene rings is 2. The molecule has 27 heavy (non-hydrogen) atoms. The van der Waals surface area contributed by atoms with Crippen molar-refractivity contribution in [2.75, 3.05) is 31.1 Å². The van der Waals surface area contributed by atoms with Gasteiger partial charge in [-0.25, -0.2) is 0 Å². The lowest BCUT2D eigenvalue weighted by atomic mass is 10.1. The van der Waals surface area contributed by atoms with Crippen molar-refractivity contribution < 1.29 is 9.59 Å². The highest BCUT2D eigenvalue weighted by Gasteiger charge is 2.25. The van der Waals surface area contributed by atoms with Gasteiger partial charge in [0, 0.05) is 49.0 Å². The van der Waals surface area contributed by atoms with Crippen molar-refractivity contribution in [3.63, 3.8) is 0 Å². The first kappa shape index (κ1) is 17.6. The summed E-state index contributed by atoms with van der Waals surface area (Å²) in [4.78, 5) is 29.0. The molecule has 140 valence electrons. The lowest BCUT2D eigenvalue weighted by Gasteiger charge is -2.36. The van der Waals surface area contributed by atoms with Crippen LogP contribution in [0.5, 0.6) is 0 Å². The van der Waals surface area contributed by atoms with Gasteiger partial charge in [-0.05, 0) is 61.7 Å². The maximum absolute atomic E-state index is 12.8. The van der Waals surface area contributed by atoms with Gasteiger partial charge in [-0.15, -0.1) is 0 Å². The third-order valence-corrected chi connectivity index (χ3v) is 5.24. The van der Waals surface area contributed by atoms with Gasteiger partial charge in [-0.1, -0.05) is 12.1 Å². The minimum absolute atomic E-state index is 0.0352. The lowest BCUT2D eigenvalue weighted by molar-refractivity contribution is 0.0746. The van der Waals surface area contributed by atoms with E-state index < -0.39 is 0 Å². The summed E-state index contributed by atoms with van der Waals surface area (Å²) in [5.41, 5.74) is 3.72. The normalized spacial score (nSPS) is 16.9. The number of hydrogen-bond acceptors (Lipinski definition) is 3. The SMILES string of the molecule is Cc1cccc(N2CCN(C(=O)c3ccc(C(=O)NC4CC4)cc3)CC2)c1. The maximum Gasteiger partial charge on any atom is 0.253 e. The summed E-state index contributed by atoms with van der Waals surface area (Å²) in [5.74, 6) is -0.0173. The fraction of sp³-hybridized carbons (Fsp3) is 0.364. The Labute approximate surface area is 160 Å². The van der Waals surface area contributed by atoms with E-state index in [-0.39, 0.29) is 11.8 Å². The van der Waals surface area contributed by atoms with Crippen molar-refractivity contribution in [3.8, 4) is 0 Å². The Morgan fingerprint density at radius 3 is 2.22 bits per heavy atom. The van der Waals surface area contributed by atoms with Gasteiger partial charge in [0.25, 0.3) is 11.8 Å². The summed E-state index contributed by atoms with van der Waals surface area (Å²) < 4.78 is 0. The Morgan fingerprint density at radius 2 is 1.59 bits per heavy atom. The molecule has 4 rings (SSSR count).